The first-order chi connectivity index (χ1) is 14.4. The first kappa shape index (κ1) is 23.3. The van der Waals surface area contributed by atoms with Crippen molar-refractivity contribution >= 4 is 11.0 Å². The maximum Gasteiger partial charge on any atom is 0.383 e. The first-order valence-corrected chi connectivity index (χ1v) is 10.4. The Kier molecular flexibility index (Phi) is 9.26. The molecule has 5 heteroatoms. The van der Waals surface area contributed by atoms with Gasteiger partial charge in [-0.25, -0.2) is 4.79 Å². The van der Waals surface area contributed by atoms with Crippen LogP contribution in [0.1, 0.15) is 53.4 Å². The molecule has 5 nitrogen and oxygen atoms in total. The molecule has 162 valence electrons. The molecular formula is C25H32O5. The van der Waals surface area contributed by atoms with Crippen LogP contribution in [0.3, 0.4) is 0 Å². The van der Waals surface area contributed by atoms with E-state index in [0.717, 1.165) is 25.7 Å². The van der Waals surface area contributed by atoms with Crippen molar-refractivity contribution in [1.82, 2.24) is 0 Å². The fraction of sp³-hybridized carbons (Fsp3) is 0.400. The number of hydrogen-bond acceptors (Lipinski definition) is 5. The van der Waals surface area contributed by atoms with Crippen molar-refractivity contribution in [2.45, 2.75) is 53.4 Å². The van der Waals surface area contributed by atoms with Crippen LogP contribution in [0, 0.1) is 0 Å². The summed E-state index contributed by atoms with van der Waals surface area (Å²) in [7, 11) is 0. The van der Waals surface area contributed by atoms with Crippen molar-refractivity contribution in [2.75, 3.05) is 13.2 Å². The highest BCUT2D eigenvalue weighted by Crippen LogP contribution is 2.34. The van der Waals surface area contributed by atoms with Crippen LogP contribution < -0.4 is 15.1 Å². The molecule has 0 amide bonds. The number of rotatable bonds is 11. The van der Waals surface area contributed by atoms with Gasteiger partial charge in [-0.05, 0) is 64.7 Å². The van der Waals surface area contributed by atoms with E-state index in [9.17, 15) is 9.90 Å². The molecule has 2 rings (SSSR count). The molecule has 0 atom stereocenters. The van der Waals surface area contributed by atoms with E-state index in [0.29, 0.717) is 17.7 Å². The Morgan fingerprint density at radius 1 is 1.07 bits per heavy atom. The van der Waals surface area contributed by atoms with Gasteiger partial charge in [0.05, 0.1) is 12.0 Å². The molecule has 0 saturated carbocycles. The second kappa shape index (κ2) is 11.9. The number of aromatic hydroxyl groups is 1. The first-order valence-electron chi connectivity index (χ1n) is 10.4. The molecule has 0 radical (unpaired) electrons. The number of phenols is 1. The molecule has 0 aliphatic heterocycles. The van der Waals surface area contributed by atoms with Gasteiger partial charge < -0.3 is 19.0 Å². The van der Waals surface area contributed by atoms with E-state index < -0.39 is 5.63 Å². The van der Waals surface area contributed by atoms with E-state index in [1.165, 1.54) is 23.3 Å². The number of ether oxygens (including phenoxy) is 2. The number of fused-ring (bicyclic) bond motifs is 1. The number of benzene rings is 1. The Morgan fingerprint density at radius 3 is 2.60 bits per heavy atom. The zero-order valence-electron chi connectivity index (χ0n) is 18.4. The van der Waals surface area contributed by atoms with Crippen LogP contribution in [0.5, 0.6) is 17.2 Å². The maximum atomic E-state index is 12.5. The number of hydrogen-bond donors (Lipinski definition) is 1. The summed E-state index contributed by atoms with van der Waals surface area (Å²) in [5.74, 6) is 0.425. The fourth-order valence-electron chi connectivity index (χ4n) is 2.88. The maximum absolute atomic E-state index is 12.5. The molecular weight excluding hydrogens is 380 g/mol. The van der Waals surface area contributed by atoms with E-state index in [1.807, 2.05) is 19.1 Å². The molecule has 1 aromatic carbocycles. The largest absolute Gasteiger partial charge is 0.508 e. The van der Waals surface area contributed by atoms with Crippen molar-refractivity contribution in [3.8, 4) is 17.2 Å². The summed E-state index contributed by atoms with van der Waals surface area (Å²) >= 11 is 0. The van der Waals surface area contributed by atoms with Crippen LogP contribution in [0.15, 0.2) is 62.9 Å². The lowest BCUT2D eigenvalue weighted by Crippen LogP contribution is -2.11. The van der Waals surface area contributed by atoms with Gasteiger partial charge in [0.25, 0.3) is 0 Å². The smallest absolute Gasteiger partial charge is 0.383 e. The summed E-state index contributed by atoms with van der Waals surface area (Å²) < 4.78 is 17.0. The highest BCUT2D eigenvalue weighted by atomic mass is 16.5. The van der Waals surface area contributed by atoms with Gasteiger partial charge >= 0.3 is 5.63 Å². The Hall–Kier alpha value is -2.95. The zero-order valence-corrected chi connectivity index (χ0v) is 18.4. The van der Waals surface area contributed by atoms with E-state index in [-0.39, 0.29) is 23.7 Å². The minimum atomic E-state index is -0.622. The van der Waals surface area contributed by atoms with Crippen LogP contribution >= 0.6 is 0 Å². The third-order valence-corrected chi connectivity index (χ3v) is 4.49. The molecule has 0 fully saturated rings. The SMILES string of the molecule is CCC=CCCOc1c(OCC=C(C)CCC=C(C)C)c(=O)oc2cc(O)ccc12. The summed E-state index contributed by atoms with van der Waals surface area (Å²) in [6.07, 6.45) is 11.9. The monoisotopic (exact) mass is 412 g/mol. The fourth-order valence-corrected chi connectivity index (χ4v) is 2.88. The van der Waals surface area contributed by atoms with E-state index in [1.54, 1.807) is 6.07 Å². The topological polar surface area (TPSA) is 68.9 Å². The minimum Gasteiger partial charge on any atom is -0.508 e. The van der Waals surface area contributed by atoms with Crippen molar-refractivity contribution in [1.29, 1.82) is 0 Å². The van der Waals surface area contributed by atoms with Gasteiger partial charge in [0.15, 0.2) is 5.75 Å². The van der Waals surface area contributed by atoms with Crippen LogP contribution in [0.4, 0.5) is 0 Å². The molecule has 0 bridgehead atoms. The van der Waals surface area contributed by atoms with E-state index in [2.05, 4.69) is 32.9 Å². The minimum absolute atomic E-state index is 0.0195. The van der Waals surface area contributed by atoms with Crippen molar-refractivity contribution in [3.05, 3.63) is 64.1 Å². The Labute approximate surface area is 178 Å². The number of phenolic OH excluding ortho intramolecular Hbond substituents is 1. The van der Waals surface area contributed by atoms with E-state index in [4.69, 9.17) is 13.9 Å². The lowest BCUT2D eigenvalue weighted by Gasteiger charge is -2.13. The third kappa shape index (κ3) is 7.14. The van der Waals surface area contributed by atoms with Crippen LogP contribution in [0.2, 0.25) is 0 Å². The van der Waals surface area contributed by atoms with Crippen LogP contribution in [0.25, 0.3) is 11.0 Å². The molecule has 30 heavy (non-hydrogen) atoms. The van der Waals surface area contributed by atoms with Crippen molar-refractivity contribution < 1.29 is 19.0 Å². The summed E-state index contributed by atoms with van der Waals surface area (Å²) in [5.41, 5.74) is 2.13. The average molecular weight is 413 g/mol. The summed E-state index contributed by atoms with van der Waals surface area (Å²) in [5, 5.41) is 10.3. The van der Waals surface area contributed by atoms with Gasteiger partial charge in [0, 0.05) is 6.07 Å². The summed E-state index contributed by atoms with van der Waals surface area (Å²) in [6, 6.07) is 4.60. The molecule has 1 aromatic heterocycles. The number of allylic oxidation sites excluding steroid dienone is 4. The normalized spacial score (nSPS) is 11.8. The molecule has 2 aromatic rings. The summed E-state index contributed by atoms with van der Waals surface area (Å²) in [4.78, 5) is 12.5. The molecule has 0 aliphatic carbocycles. The Balaban J connectivity index is 2.22. The van der Waals surface area contributed by atoms with Gasteiger partial charge in [-0.2, -0.15) is 0 Å². The predicted molar refractivity (Wildman–Crippen MR) is 122 cm³/mol. The van der Waals surface area contributed by atoms with Gasteiger partial charge in [0.1, 0.15) is 17.9 Å². The Bertz CT molecular complexity index is 975. The van der Waals surface area contributed by atoms with Gasteiger partial charge in [-0.15, -0.1) is 0 Å². The highest BCUT2D eigenvalue weighted by molar-refractivity contribution is 5.86. The lowest BCUT2D eigenvalue weighted by atomic mass is 10.1. The molecule has 0 aliphatic rings. The van der Waals surface area contributed by atoms with Crippen molar-refractivity contribution in [3.63, 3.8) is 0 Å². The predicted octanol–water partition coefficient (Wildman–Crippen LogP) is 6.31. The zero-order chi connectivity index (χ0) is 21.9. The highest BCUT2D eigenvalue weighted by Gasteiger charge is 2.18. The molecule has 0 saturated heterocycles. The van der Waals surface area contributed by atoms with Crippen molar-refractivity contribution in [2.24, 2.45) is 0 Å². The quantitative estimate of drug-likeness (QED) is 0.266. The van der Waals surface area contributed by atoms with Crippen LogP contribution in [-0.4, -0.2) is 18.3 Å². The van der Waals surface area contributed by atoms with Gasteiger partial charge in [-0.3, -0.25) is 0 Å². The second-order valence-corrected chi connectivity index (χ2v) is 7.43. The van der Waals surface area contributed by atoms with Crippen LogP contribution in [-0.2, 0) is 0 Å². The van der Waals surface area contributed by atoms with E-state index >= 15 is 0 Å². The third-order valence-electron chi connectivity index (χ3n) is 4.49. The van der Waals surface area contributed by atoms with Gasteiger partial charge in [-0.1, -0.05) is 36.3 Å². The average Bonchev–Trinajstić information content (AvgIpc) is 2.68. The molecule has 1 heterocycles. The Morgan fingerprint density at radius 2 is 1.87 bits per heavy atom. The second-order valence-electron chi connectivity index (χ2n) is 7.43. The molecule has 0 unspecified atom stereocenters. The summed E-state index contributed by atoms with van der Waals surface area (Å²) in [6.45, 7) is 8.94. The lowest BCUT2D eigenvalue weighted by molar-refractivity contribution is 0.279. The molecule has 1 N–H and O–H groups in total. The standard InChI is InChI=1S/C25H32O5/c1-5-6-7-8-15-28-23-21-13-12-20(26)17-22(21)30-25(27)24(23)29-16-14-19(4)11-9-10-18(2)3/h6-7,10,12-14,17,26H,5,8-9,11,15-16H2,1-4H3. The molecule has 0 spiro atoms. The van der Waals surface area contributed by atoms with Gasteiger partial charge in [0.2, 0.25) is 5.75 Å².